The van der Waals surface area contributed by atoms with Gasteiger partial charge in [0.15, 0.2) is 0 Å². The molecule has 1 aromatic carbocycles. The number of nitrogens with zero attached hydrogens (tertiary/aromatic N) is 2. The molecular formula is C15H22FN3S. The van der Waals surface area contributed by atoms with Crippen molar-refractivity contribution in [1.82, 2.24) is 9.80 Å². The molecule has 0 bridgehead atoms. The van der Waals surface area contributed by atoms with E-state index in [4.69, 9.17) is 18.0 Å². The molecule has 0 saturated carbocycles. The molecule has 1 heterocycles. The van der Waals surface area contributed by atoms with Gasteiger partial charge in [-0.3, -0.25) is 9.80 Å². The molecule has 20 heavy (non-hydrogen) atoms. The largest absolute Gasteiger partial charge is 0.389 e. The standard InChI is InChI=1S/C15H22FN3S/c1-3-19-7-6-18(9-11(19)2)10-12-4-5-13(16)8-14(12)15(17)20/h4-5,8,11H,3,6-7,9-10H2,1-2H3,(H2,17,20). The summed E-state index contributed by atoms with van der Waals surface area (Å²) >= 11 is 5.02. The van der Waals surface area contributed by atoms with Crippen LogP contribution in [0.2, 0.25) is 0 Å². The molecule has 1 saturated heterocycles. The molecule has 2 rings (SSSR count). The van der Waals surface area contributed by atoms with E-state index < -0.39 is 0 Å². The fourth-order valence-corrected chi connectivity index (χ4v) is 3.03. The molecule has 1 aliphatic heterocycles. The van der Waals surface area contributed by atoms with Crippen molar-refractivity contribution >= 4 is 17.2 Å². The minimum Gasteiger partial charge on any atom is -0.389 e. The number of piperazine rings is 1. The lowest BCUT2D eigenvalue weighted by molar-refractivity contribution is 0.0834. The van der Waals surface area contributed by atoms with Crippen LogP contribution in [0.15, 0.2) is 18.2 Å². The number of hydrogen-bond acceptors (Lipinski definition) is 3. The molecule has 0 amide bonds. The highest BCUT2D eigenvalue weighted by molar-refractivity contribution is 7.80. The predicted molar refractivity (Wildman–Crippen MR) is 84.3 cm³/mol. The Morgan fingerprint density at radius 3 is 2.80 bits per heavy atom. The maximum absolute atomic E-state index is 13.3. The zero-order chi connectivity index (χ0) is 14.7. The third-order valence-corrected chi connectivity index (χ3v) is 4.21. The van der Waals surface area contributed by atoms with E-state index in [0.29, 0.717) is 11.6 Å². The van der Waals surface area contributed by atoms with Crippen molar-refractivity contribution in [1.29, 1.82) is 0 Å². The summed E-state index contributed by atoms with van der Waals surface area (Å²) in [5.41, 5.74) is 7.37. The normalized spacial score (nSPS) is 21.1. The number of thiocarbonyl (C=S) groups is 1. The van der Waals surface area contributed by atoms with Crippen LogP contribution in [0.3, 0.4) is 0 Å². The maximum atomic E-state index is 13.3. The first-order chi connectivity index (χ1) is 9.51. The summed E-state index contributed by atoms with van der Waals surface area (Å²) in [5.74, 6) is -0.291. The topological polar surface area (TPSA) is 32.5 Å². The molecule has 1 aliphatic rings. The van der Waals surface area contributed by atoms with Crippen LogP contribution in [0.4, 0.5) is 4.39 Å². The highest BCUT2D eigenvalue weighted by Gasteiger charge is 2.23. The van der Waals surface area contributed by atoms with Gasteiger partial charge in [-0.2, -0.15) is 0 Å². The third kappa shape index (κ3) is 3.53. The Bertz CT molecular complexity index is 492. The monoisotopic (exact) mass is 295 g/mol. The Hall–Kier alpha value is -1.04. The lowest BCUT2D eigenvalue weighted by Gasteiger charge is -2.39. The number of benzene rings is 1. The van der Waals surface area contributed by atoms with Gasteiger partial charge in [-0.25, -0.2) is 4.39 Å². The first-order valence-electron chi connectivity index (χ1n) is 7.06. The molecule has 1 atom stereocenters. The summed E-state index contributed by atoms with van der Waals surface area (Å²) in [5, 5.41) is 0. The third-order valence-electron chi connectivity index (χ3n) is 3.99. The summed E-state index contributed by atoms with van der Waals surface area (Å²) < 4.78 is 13.3. The minimum absolute atomic E-state index is 0.264. The zero-order valence-electron chi connectivity index (χ0n) is 12.1. The van der Waals surface area contributed by atoms with Crippen molar-refractivity contribution in [3.05, 3.63) is 35.1 Å². The van der Waals surface area contributed by atoms with Crippen LogP contribution in [0.25, 0.3) is 0 Å². The fraction of sp³-hybridized carbons (Fsp3) is 0.533. The molecule has 1 fully saturated rings. The second-order valence-corrected chi connectivity index (χ2v) is 5.82. The van der Waals surface area contributed by atoms with Gasteiger partial charge < -0.3 is 5.73 Å². The quantitative estimate of drug-likeness (QED) is 0.861. The molecule has 0 spiro atoms. The number of rotatable bonds is 4. The van der Waals surface area contributed by atoms with Gasteiger partial charge >= 0.3 is 0 Å². The minimum atomic E-state index is -0.291. The highest BCUT2D eigenvalue weighted by Crippen LogP contribution is 2.17. The van der Waals surface area contributed by atoms with E-state index in [-0.39, 0.29) is 10.8 Å². The number of halogens is 1. The van der Waals surface area contributed by atoms with E-state index in [1.807, 2.05) is 0 Å². The summed E-state index contributed by atoms with van der Waals surface area (Å²) in [4.78, 5) is 5.11. The lowest BCUT2D eigenvalue weighted by Crippen LogP contribution is -2.51. The van der Waals surface area contributed by atoms with Gasteiger partial charge in [0.1, 0.15) is 10.8 Å². The molecular weight excluding hydrogens is 273 g/mol. The van der Waals surface area contributed by atoms with Crippen molar-refractivity contribution in [3.8, 4) is 0 Å². The van der Waals surface area contributed by atoms with Crippen LogP contribution in [0.1, 0.15) is 25.0 Å². The predicted octanol–water partition coefficient (Wildman–Crippen LogP) is 1.99. The summed E-state index contributed by atoms with van der Waals surface area (Å²) in [6.07, 6.45) is 0. The maximum Gasteiger partial charge on any atom is 0.123 e. The summed E-state index contributed by atoms with van der Waals surface area (Å²) in [7, 11) is 0. The number of nitrogens with two attached hydrogens (primary N) is 1. The van der Waals surface area contributed by atoms with Gasteiger partial charge in [-0.1, -0.05) is 25.2 Å². The van der Waals surface area contributed by atoms with Gasteiger partial charge in [0.25, 0.3) is 0 Å². The molecule has 0 radical (unpaired) electrons. The van der Waals surface area contributed by atoms with Crippen LogP contribution >= 0.6 is 12.2 Å². The average Bonchev–Trinajstić information content (AvgIpc) is 2.41. The smallest absolute Gasteiger partial charge is 0.123 e. The van der Waals surface area contributed by atoms with Gasteiger partial charge in [0.2, 0.25) is 0 Å². The molecule has 3 nitrogen and oxygen atoms in total. The Kier molecular flexibility index (Phi) is 5.07. The van der Waals surface area contributed by atoms with Crippen molar-refractivity contribution in [2.24, 2.45) is 5.73 Å². The van der Waals surface area contributed by atoms with E-state index in [9.17, 15) is 4.39 Å². The van der Waals surface area contributed by atoms with Crippen LogP contribution in [-0.4, -0.2) is 47.0 Å². The van der Waals surface area contributed by atoms with Gasteiger partial charge in [0.05, 0.1) is 0 Å². The van der Waals surface area contributed by atoms with E-state index in [2.05, 4.69) is 23.6 Å². The molecule has 0 aliphatic carbocycles. The van der Waals surface area contributed by atoms with E-state index in [0.717, 1.165) is 38.3 Å². The summed E-state index contributed by atoms with van der Waals surface area (Å²) in [6.45, 7) is 9.40. The molecule has 0 aromatic heterocycles. The Morgan fingerprint density at radius 1 is 1.45 bits per heavy atom. The molecule has 5 heteroatoms. The molecule has 1 unspecified atom stereocenters. The molecule has 2 N–H and O–H groups in total. The Balaban J connectivity index is 2.09. The average molecular weight is 295 g/mol. The van der Waals surface area contributed by atoms with Crippen LogP contribution in [0, 0.1) is 5.82 Å². The van der Waals surface area contributed by atoms with Gasteiger partial charge in [0, 0.05) is 37.8 Å². The van der Waals surface area contributed by atoms with Crippen LogP contribution in [0.5, 0.6) is 0 Å². The summed E-state index contributed by atoms with van der Waals surface area (Å²) in [6, 6.07) is 5.25. The van der Waals surface area contributed by atoms with Crippen molar-refractivity contribution in [2.45, 2.75) is 26.4 Å². The first kappa shape index (κ1) is 15.4. The van der Waals surface area contributed by atoms with Crippen molar-refractivity contribution < 1.29 is 4.39 Å². The first-order valence-corrected chi connectivity index (χ1v) is 7.46. The Labute approximate surface area is 125 Å². The number of likely N-dealkylation sites (N-methyl/N-ethyl adjacent to an activating group) is 1. The van der Waals surface area contributed by atoms with Crippen molar-refractivity contribution in [2.75, 3.05) is 26.2 Å². The SMILES string of the molecule is CCN1CCN(Cc2ccc(F)cc2C(N)=S)CC1C. The second-order valence-electron chi connectivity index (χ2n) is 5.38. The molecule has 1 aromatic rings. The van der Waals surface area contributed by atoms with E-state index >= 15 is 0 Å². The van der Waals surface area contributed by atoms with E-state index in [1.165, 1.54) is 12.1 Å². The van der Waals surface area contributed by atoms with Crippen LogP contribution < -0.4 is 5.73 Å². The van der Waals surface area contributed by atoms with Gasteiger partial charge in [-0.05, 0) is 31.2 Å². The highest BCUT2D eigenvalue weighted by atomic mass is 32.1. The fourth-order valence-electron chi connectivity index (χ4n) is 2.84. The van der Waals surface area contributed by atoms with Crippen molar-refractivity contribution in [3.63, 3.8) is 0 Å². The zero-order valence-corrected chi connectivity index (χ0v) is 12.9. The van der Waals surface area contributed by atoms with Gasteiger partial charge in [-0.15, -0.1) is 0 Å². The molecule has 110 valence electrons. The lowest BCUT2D eigenvalue weighted by atomic mass is 10.1. The van der Waals surface area contributed by atoms with E-state index in [1.54, 1.807) is 6.07 Å². The number of hydrogen-bond donors (Lipinski definition) is 1. The second kappa shape index (κ2) is 6.61. The Morgan fingerprint density at radius 2 is 2.20 bits per heavy atom. The van der Waals surface area contributed by atoms with Crippen LogP contribution in [-0.2, 0) is 6.54 Å².